The summed E-state index contributed by atoms with van der Waals surface area (Å²) < 4.78 is 4.69. The van der Waals surface area contributed by atoms with E-state index in [1.807, 2.05) is 0 Å². The van der Waals surface area contributed by atoms with Gasteiger partial charge in [0, 0.05) is 0 Å². The van der Waals surface area contributed by atoms with Gasteiger partial charge >= 0.3 is 0 Å². The lowest BCUT2D eigenvalue weighted by molar-refractivity contribution is -0.129. The molecule has 1 rings (SSSR count). The highest BCUT2D eigenvalue weighted by molar-refractivity contribution is 5.36. The molecule has 0 aromatic heterocycles. The van der Waals surface area contributed by atoms with E-state index in [4.69, 9.17) is 0 Å². The van der Waals surface area contributed by atoms with Gasteiger partial charge in [0.05, 0.1) is 6.61 Å². The van der Waals surface area contributed by atoms with Crippen molar-refractivity contribution in [3.63, 3.8) is 0 Å². The summed E-state index contributed by atoms with van der Waals surface area (Å²) in [5.74, 6) is 1.47. The fraction of sp³-hybridized carbons (Fsp3) is 0.875. The largest absolute Gasteiger partial charge is 0.468 e. The molecule has 0 radical (unpaired) electrons. The number of hydrogen-bond donors (Lipinski definition) is 0. The summed E-state index contributed by atoms with van der Waals surface area (Å²) >= 11 is 0. The van der Waals surface area contributed by atoms with Gasteiger partial charge in [-0.25, -0.2) is 0 Å². The molecule has 0 aromatic rings. The van der Waals surface area contributed by atoms with Crippen molar-refractivity contribution >= 4 is 6.47 Å². The summed E-state index contributed by atoms with van der Waals surface area (Å²) in [6, 6.07) is 0. The highest BCUT2D eigenvalue weighted by Crippen LogP contribution is 2.29. The van der Waals surface area contributed by atoms with Crippen molar-refractivity contribution in [3.8, 4) is 0 Å². The molecular formula is C8H14O2. The van der Waals surface area contributed by atoms with E-state index < -0.39 is 0 Å². The monoisotopic (exact) mass is 142 g/mol. The molecule has 0 aliphatic heterocycles. The van der Waals surface area contributed by atoms with E-state index in [1.54, 1.807) is 0 Å². The number of carbonyl (C=O) groups is 1. The van der Waals surface area contributed by atoms with Crippen LogP contribution in [0, 0.1) is 11.8 Å². The molecule has 2 atom stereocenters. The third-order valence-corrected chi connectivity index (χ3v) is 2.20. The van der Waals surface area contributed by atoms with Gasteiger partial charge in [0.25, 0.3) is 6.47 Å². The molecule has 0 amide bonds. The summed E-state index contributed by atoms with van der Waals surface area (Å²) in [5, 5.41) is 0. The molecule has 58 valence electrons. The Balaban J connectivity index is 2.12. The molecule has 1 unspecified atom stereocenters. The second-order valence-corrected chi connectivity index (χ2v) is 3.21. The first-order chi connectivity index (χ1) is 4.83. The molecule has 1 saturated carbocycles. The topological polar surface area (TPSA) is 26.3 Å². The molecule has 2 nitrogen and oxygen atoms in total. The third kappa shape index (κ3) is 2.01. The zero-order valence-corrected chi connectivity index (χ0v) is 6.38. The van der Waals surface area contributed by atoms with E-state index in [9.17, 15) is 4.79 Å². The Hall–Kier alpha value is -0.530. The van der Waals surface area contributed by atoms with E-state index in [0.29, 0.717) is 19.0 Å². The standard InChI is InChI=1S/C8H14O2/c1-7-2-3-8(4-7)5-10-6-9/h6-8H,2-5H2,1H3/t7?,8-/m0/s1. The van der Waals surface area contributed by atoms with Gasteiger partial charge in [-0.1, -0.05) is 13.3 Å². The summed E-state index contributed by atoms with van der Waals surface area (Å²) in [7, 11) is 0. The molecule has 1 aliphatic rings. The molecule has 0 aromatic carbocycles. The maximum absolute atomic E-state index is 9.82. The molecule has 0 heterocycles. The van der Waals surface area contributed by atoms with Gasteiger partial charge in [0.15, 0.2) is 0 Å². The molecule has 0 bridgehead atoms. The summed E-state index contributed by atoms with van der Waals surface area (Å²) in [5.41, 5.74) is 0. The van der Waals surface area contributed by atoms with E-state index >= 15 is 0 Å². The smallest absolute Gasteiger partial charge is 0.293 e. The molecule has 2 heteroatoms. The van der Waals surface area contributed by atoms with Crippen molar-refractivity contribution in [1.29, 1.82) is 0 Å². The minimum atomic E-state index is 0.545. The molecule has 1 fully saturated rings. The van der Waals surface area contributed by atoms with Crippen LogP contribution in [0.2, 0.25) is 0 Å². The van der Waals surface area contributed by atoms with Crippen LogP contribution in [-0.4, -0.2) is 13.1 Å². The van der Waals surface area contributed by atoms with E-state index in [2.05, 4.69) is 11.7 Å². The van der Waals surface area contributed by atoms with Crippen LogP contribution >= 0.6 is 0 Å². The molecule has 10 heavy (non-hydrogen) atoms. The Kier molecular flexibility index (Phi) is 2.72. The molecule has 0 spiro atoms. The predicted molar refractivity (Wildman–Crippen MR) is 38.5 cm³/mol. The Labute approximate surface area is 61.6 Å². The van der Waals surface area contributed by atoms with E-state index in [0.717, 1.165) is 5.92 Å². The molecule has 1 aliphatic carbocycles. The SMILES string of the molecule is CC1CC[C@H](COC=O)C1. The number of hydrogen-bond acceptors (Lipinski definition) is 2. The lowest BCUT2D eigenvalue weighted by Crippen LogP contribution is -2.04. The van der Waals surface area contributed by atoms with Crippen molar-refractivity contribution in [2.24, 2.45) is 11.8 Å². The zero-order valence-electron chi connectivity index (χ0n) is 6.38. The quantitative estimate of drug-likeness (QED) is 0.559. The highest BCUT2D eigenvalue weighted by Gasteiger charge is 2.21. The average molecular weight is 142 g/mol. The number of ether oxygens (including phenoxy) is 1. The predicted octanol–water partition coefficient (Wildman–Crippen LogP) is 1.60. The Bertz CT molecular complexity index is 112. The van der Waals surface area contributed by atoms with Crippen LogP contribution in [0.3, 0.4) is 0 Å². The van der Waals surface area contributed by atoms with Gasteiger partial charge in [-0.2, -0.15) is 0 Å². The molecule has 0 saturated heterocycles. The summed E-state index contributed by atoms with van der Waals surface area (Å²) in [6.45, 7) is 3.43. The first kappa shape index (κ1) is 7.58. The van der Waals surface area contributed by atoms with Crippen LogP contribution < -0.4 is 0 Å². The van der Waals surface area contributed by atoms with Crippen molar-refractivity contribution in [3.05, 3.63) is 0 Å². The Morgan fingerprint density at radius 1 is 1.60 bits per heavy atom. The van der Waals surface area contributed by atoms with Gasteiger partial charge in [-0.15, -0.1) is 0 Å². The van der Waals surface area contributed by atoms with Crippen LogP contribution in [0.15, 0.2) is 0 Å². The first-order valence-corrected chi connectivity index (χ1v) is 3.88. The first-order valence-electron chi connectivity index (χ1n) is 3.88. The van der Waals surface area contributed by atoms with Gasteiger partial charge in [0.2, 0.25) is 0 Å². The van der Waals surface area contributed by atoms with Crippen molar-refractivity contribution in [2.45, 2.75) is 26.2 Å². The minimum absolute atomic E-state index is 0.545. The van der Waals surface area contributed by atoms with Crippen LogP contribution in [0.25, 0.3) is 0 Å². The highest BCUT2D eigenvalue weighted by atomic mass is 16.5. The number of rotatable bonds is 3. The van der Waals surface area contributed by atoms with Crippen molar-refractivity contribution in [1.82, 2.24) is 0 Å². The summed E-state index contributed by atoms with van der Waals surface area (Å²) in [4.78, 5) is 9.82. The summed E-state index contributed by atoms with van der Waals surface area (Å²) in [6.07, 6.45) is 3.76. The van der Waals surface area contributed by atoms with Gasteiger partial charge < -0.3 is 4.74 Å². The maximum atomic E-state index is 9.82. The van der Waals surface area contributed by atoms with Crippen molar-refractivity contribution < 1.29 is 9.53 Å². The van der Waals surface area contributed by atoms with Crippen LogP contribution in [0.1, 0.15) is 26.2 Å². The maximum Gasteiger partial charge on any atom is 0.293 e. The second kappa shape index (κ2) is 3.59. The zero-order chi connectivity index (χ0) is 7.40. The Morgan fingerprint density at radius 2 is 2.40 bits per heavy atom. The van der Waals surface area contributed by atoms with Gasteiger partial charge in [0.1, 0.15) is 0 Å². The average Bonchev–Trinajstić information content (AvgIpc) is 2.31. The van der Waals surface area contributed by atoms with E-state index in [1.165, 1.54) is 19.3 Å². The molecular weight excluding hydrogens is 128 g/mol. The molecule has 0 N–H and O–H groups in total. The van der Waals surface area contributed by atoms with Crippen molar-refractivity contribution in [2.75, 3.05) is 6.61 Å². The van der Waals surface area contributed by atoms with Crippen LogP contribution in [0.4, 0.5) is 0 Å². The Morgan fingerprint density at radius 3 is 2.90 bits per heavy atom. The van der Waals surface area contributed by atoms with Crippen LogP contribution in [0.5, 0.6) is 0 Å². The normalized spacial score (nSPS) is 32.1. The third-order valence-electron chi connectivity index (χ3n) is 2.20. The van der Waals surface area contributed by atoms with Crippen LogP contribution in [-0.2, 0) is 9.53 Å². The fourth-order valence-corrected chi connectivity index (χ4v) is 1.65. The van der Waals surface area contributed by atoms with Gasteiger partial charge in [-0.05, 0) is 24.7 Å². The minimum Gasteiger partial charge on any atom is -0.468 e. The lowest BCUT2D eigenvalue weighted by Gasteiger charge is -2.05. The van der Waals surface area contributed by atoms with Gasteiger partial charge in [-0.3, -0.25) is 4.79 Å². The second-order valence-electron chi connectivity index (χ2n) is 3.21. The number of carbonyl (C=O) groups excluding carboxylic acids is 1. The fourth-order valence-electron chi connectivity index (χ4n) is 1.65. The van der Waals surface area contributed by atoms with E-state index in [-0.39, 0.29) is 0 Å². The lowest BCUT2D eigenvalue weighted by atomic mass is 10.1.